The summed E-state index contributed by atoms with van der Waals surface area (Å²) in [4.78, 5) is 20.5. The number of nitrogens with two attached hydrogens (primary N) is 1. The molecule has 1 atom stereocenters. The summed E-state index contributed by atoms with van der Waals surface area (Å²) in [5.41, 5.74) is 9.51. The van der Waals surface area contributed by atoms with Gasteiger partial charge in [-0.1, -0.05) is 35.9 Å². The zero-order chi connectivity index (χ0) is 23.8. The lowest BCUT2D eigenvalue weighted by Crippen LogP contribution is -2.12. The number of hydrogen-bond donors (Lipinski definition) is 1. The van der Waals surface area contributed by atoms with E-state index in [-0.39, 0.29) is 0 Å². The first-order valence-corrected chi connectivity index (χ1v) is 11.5. The molecule has 6 nitrogen and oxygen atoms in total. The average molecular weight is 493 g/mol. The van der Waals surface area contributed by atoms with E-state index in [0.29, 0.717) is 21.2 Å². The van der Waals surface area contributed by atoms with Gasteiger partial charge in [0, 0.05) is 28.9 Å². The van der Waals surface area contributed by atoms with Crippen molar-refractivity contribution in [2.75, 3.05) is 0 Å². The third-order valence-corrected chi connectivity index (χ3v) is 6.87. The first kappa shape index (κ1) is 22.1. The Labute approximate surface area is 203 Å². The predicted octanol–water partition coefficient (Wildman–Crippen LogP) is 6.18. The lowest BCUT2D eigenvalue weighted by Gasteiger charge is -2.16. The Hall–Kier alpha value is -3.75. The molecule has 0 saturated carbocycles. The van der Waals surface area contributed by atoms with Gasteiger partial charge >= 0.3 is 0 Å². The van der Waals surface area contributed by atoms with Crippen molar-refractivity contribution in [1.29, 1.82) is 0 Å². The molecule has 5 rings (SSSR count). The van der Waals surface area contributed by atoms with Crippen molar-refractivity contribution in [2.45, 2.75) is 13.0 Å². The fourth-order valence-electron chi connectivity index (χ4n) is 3.75. The Kier molecular flexibility index (Phi) is 5.77. The number of carbonyl (C=O) groups is 1. The molecule has 0 aliphatic rings. The molecule has 1 amide bonds. The number of nitrogens with zero attached hydrogens (tertiary/aromatic N) is 3. The Morgan fingerprint density at radius 1 is 1.12 bits per heavy atom. The fraction of sp³-hybridized carbons (Fsp3) is 0.0800. The highest BCUT2D eigenvalue weighted by molar-refractivity contribution is 7.16. The van der Waals surface area contributed by atoms with Crippen LogP contribution < -0.4 is 10.5 Å². The van der Waals surface area contributed by atoms with Gasteiger partial charge in [-0.3, -0.25) is 9.36 Å². The van der Waals surface area contributed by atoms with Crippen LogP contribution in [-0.2, 0) is 0 Å². The minimum absolute atomic E-state index is 0.305. The summed E-state index contributed by atoms with van der Waals surface area (Å²) in [5, 5.41) is 1.30. The Morgan fingerprint density at radius 3 is 2.68 bits per heavy atom. The largest absolute Gasteiger partial charge is 0.484 e. The number of ether oxygens (including phenoxy) is 1. The van der Waals surface area contributed by atoms with Gasteiger partial charge in [-0.25, -0.2) is 9.97 Å². The van der Waals surface area contributed by atoms with Crippen LogP contribution >= 0.6 is 22.9 Å². The highest BCUT2D eigenvalue weighted by Gasteiger charge is 2.21. The van der Waals surface area contributed by atoms with Gasteiger partial charge in [0.05, 0.1) is 11.0 Å². The summed E-state index contributed by atoms with van der Waals surface area (Å²) in [5.74, 6) is -0.742. The maximum atomic E-state index is 13.5. The van der Waals surface area contributed by atoms with Crippen molar-refractivity contribution in [3.05, 3.63) is 94.6 Å². The van der Waals surface area contributed by atoms with Crippen molar-refractivity contribution < 1.29 is 13.9 Å². The minimum Gasteiger partial charge on any atom is -0.484 e. The van der Waals surface area contributed by atoms with E-state index < -0.39 is 18.0 Å². The lowest BCUT2D eigenvalue weighted by atomic mass is 10.1. The van der Waals surface area contributed by atoms with Gasteiger partial charge in [0.2, 0.25) is 5.95 Å². The molecule has 170 valence electrons. The zero-order valence-corrected chi connectivity index (χ0v) is 19.5. The van der Waals surface area contributed by atoms with E-state index in [1.807, 2.05) is 47.9 Å². The third-order valence-electron chi connectivity index (χ3n) is 5.40. The summed E-state index contributed by atoms with van der Waals surface area (Å²) in [6.45, 7) is 1.86. The van der Waals surface area contributed by atoms with Crippen LogP contribution in [0.4, 0.5) is 4.39 Å². The van der Waals surface area contributed by atoms with Crippen LogP contribution in [0.15, 0.2) is 73.2 Å². The number of hydrogen-bond acceptors (Lipinski definition) is 5. The summed E-state index contributed by atoms with van der Waals surface area (Å²) >= 11 is 7.52. The molecule has 9 heteroatoms. The van der Waals surface area contributed by atoms with Crippen molar-refractivity contribution in [1.82, 2.24) is 14.5 Å². The maximum Gasteiger partial charge on any atom is 0.262 e. The molecule has 3 aromatic heterocycles. The molecule has 3 heterocycles. The van der Waals surface area contributed by atoms with Crippen molar-refractivity contribution in [3.63, 3.8) is 0 Å². The van der Waals surface area contributed by atoms with Crippen LogP contribution in [0, 0.1) is 5.95 Å². The molecule has 0 unspecified atom stereocenters. The molecule has 2 aromatic carbocycles. The second-order valence-electron chi connectivity index (χ2n) is 7.61. The van der Waals surface area contributed by atoms with Crippen LogP contribution in [0.2, 0.25) is 5.02 Å². The van der Waals surface area contributed by atoms with Gasteiger partial charge in [-0.15, -0.1) is 11.3 Å². The maximum absolute atomic E-state index is 13.5. The highest BCUT2D eigenvalue weighted by Crippen LogP contribution is 2.37. The van der Waals surface area contributed by atoms with Crippen LogP contribution in [-0.4, -0.2) is 20.4 Å². The van der Waals surface area contributed by atoms with Gasteiger partial charge in [0.25, 0.3) is 5.91 Å². The molecule has 0 saturated heterocycles. The quantitative estimate of drug-likeness (QED) is 0.287. The number of amides is 1. The van der Waals surface area contributed by atoms with Gasteiger partial charge in [-0.05, 0) is 42.3 Å². The number of benzene rings is 2. The number of fused-ring (bicyclic) bond motifs is 1. The van der Waals surface area contributed by atoms with Crippen LogP contribution in [0.3, 0.4) is 0 Å². The Bertz CT molecular complexity index is 1530. The monoisotopic (exact) mass is 492 g/mol. The number of rotatable bonds is 6. The number of halogens is 2. The zero-order valence-electron chi connectivity index (χ0n) is 17.9. The number of primary amides is 1. The van der Waals surface area contributed by atoms with Gasteiger partial charge < -0.3 is 10.5 Å². The van der Waals surface area contributed by atoms with E-state index in [9.17, 15) is 9.18 Å². The standard InChI is InChI=1S/C25H18ClFN4O2S/c1-14(17-4-2-3-5-18(17)26)33-21-12-23(34-24(21)25(28)32)31-13-30-19-10-15(6-7-20(19)31)16-8-9-29-22(27)11-16/h2-14H,1H3,(H2,28,32)/t14-/m1/s1. The lowest BCUT2D eigenvalue weighted by molar-refractivity contribution is 0.0998. The van der Waals surface area contributed by atoms with Gasteiger partial charge in [0.15, 0.2) is 0 Å². The van der Waals surface area contributed by atoms with Crippen molar-refractivity contribution in [2.24, 2.45) is 5.73 Å². The molecule has 0 fully saturated rings. The molecule has 0 aliphatic heterocycles. The molecule has 5 aromatic rings. The third kappa shape index (κ3) is 4.13. The van der Waals surface area contributed by atoms with Crippen molar-refractivity contribution >= 4 is 39.9 Å². The van der Waals surface area contributed by atoms with E-state index in [0.717, 1.165) is 27.2 Å². The average Bonchev–Trinajstić information content (AvgIpc) is 3.43. The smallest absolute Gasteiger partial charge is 0.262 e. The second kappa shape index (κ2) is 8.89. The number of thiophene rings is 1. The second-order valence-corrected chi connectivity index (χ2v) is 9.05. The summed E-state index contributed by atoms with van der Waals surface area (Å²) in [6.07, 6.45) is 2.70. The number of pyridine rings is 1. The summed E-state index contributed by atoms with van der Waals surface area (Å²) in [6, 6.07) is 17.9. The van der Waals surface area contributed by atoms with E-state index in [2.05, 4.69) is 9.97 Å². The van der Waals surface area contributed by atoms with Crippen molar-refractivity contribution in [3.8, 4) is 21.9 Å². The van der Waals surface area contributed by atoms with E-state index in [4.69, 9.17) is 22.1 Å². The Balaban J connectivity index is 1.51. The van der Waals surface area contributed by atoms with E-state index >= 15 is 0 Å². The van der Waals surface area contributed by atoms with Crippen LogP contribution in [0.25, 0.3) is 27.2 Å². The minimum atomic E-state index is -0.580. The molecule has 0 aliphatic carbocycles. The topological polar surface area (TPSA) is 83.0 Å². The first-order chi connectivity index (χ1) is 16.4. The first-order valence-electron chi connectivity index (χ1n) is 10.3. The van der Waals surface area contributed by atoms with E-state index in [1.165, 1.54) is 23.6 Å². The number of carbonyl (C=O) groups excluding carboxylic acids is 1. The molecule has 0 spiro atoms. The molecule has 34 heavy (non-hydrogen) atoms. The van der Waals surface area contributed by atoms with Gasteiger partial charge in [-0.2, -0.15) is 4.39 Å². The summed E-state index contributed by atoms with van der Waals surface area (Å²) < 4.78 is 21.5. The SMILES string of the molecule is C[C@@H](Oc1cc(-n2cnc3cc(-c4ccnc(F)c4)ccc32)sc1C(N)=O)c1ccccc1Cl. The normalized spacial score (nSPS) is 12.1. The number of imidazole rings is 1. The van der Waals surface area contributed by atoms with Crippen LogP contribution in [0.5, 0.6) is 5.75 Å². The molecular weight excluding hydrogens is 475 g/mol. The fourth-order valence-corrected chi connectivity index (χ4v) is 4.97. The summed E-state index contributed by atoms with van der Waals surface area (Å²) in [7, 11) is 0. The van der Waals surface area contributed by atoms with E-state index in [1.54, 1.807) is 24.5 Å². The molecular formula is C25H18ClFN4O2S. The van der Waals surface area contributed by atoms with Crippen LogP contribution in [0.1, 0.15) is 28.3 Å². The predicted molar refractivity (Wildman–Crippen MR) is 131 cm³/mol. The Morgan fingerprint density at radius 2 is 1.91 bits per heavy atom. The van der Waals surface area contributed by atoms with Gasteiger partial charge in [0.1, 0.15) is 28.1 Å². The number of aromatic nitrogens is 3. The molecule has 0 bridgehead atoms. The highest BCUT2D eigenvalue weighted by atomic mass is 35.5. The molecule has 0 radical (unpaired) electrons. The molecule has 2 N–H and O–H groups in total.